The Balaban J connectivity index is 2.01. The minimum absolute atomic E-state index is 0.123. The Morgan fingerprint density at radius 2 is 2.20 bits per heavy atom. The second-order valence-electron chi connectivity index (χ2n) is 4.97. The van der Waals surface area contributed by atoms with Crippen LogP contribution >= 0.6 is 0 Å². The van der Waals surface area contributed by atoms with E-state index >= 15 is 0 Å². The van der Waals surface area contributed by atoms with E-state index in [0.717, 1.165) is 18.8 Å². The molecule has 20 heavy (non-hydrogen) atoms. The number of carbonyl (C=O) groups is 1. The highest BCUT2D eigenvalue weighted by Crippen LogP contribution is 2.08. The Hall–Kier alpha value is -2.11. The zero-order chi connectivity index (χ0) is 14.5. The van der Waals surface area contributed by atoms with Crippen LogP contribution < -0.4 is 5.32 Å². The van der Waals surface area contributed by atoms with Crippen LogP contribution in [0.2, 0.25) is 0 Å². The van der Waals surface area contributed by atoms with E-state index < -0.39 is 0 Å². The maximum absolute atomic E-state index is 12.2. The van der Waals surface area contributed by atoms with E-state index in [9.17, 15) is 4.79 Å². The first kappa shape index (κ1) is 14.3. The van der Waals surface area contributed by atoms with E-state index in [4.69, 9.17) is 0 Å². The lowest BCUT2D eigenvalue weighted by Gasteiger charge is -2.11. The Labute approximate surface area is 118 Å². The topological polar surface area (TPSA) is 64.7 Å². The molecule has 0 saturated carbocycles. The second kappa shape index (κ2) is 6.36. The van der Waals surface area contributed by atoms with Crippen molar-refractivity contribution in [2.45, 2.75) is 46.3 Å². The van der Waals surface area contributed by atoms with E-state index in [1.165, 1.54) is 0 Å². The molecule has 0 spiro atoms. The maximum atomic E-state index is 12.2. The average Bonchev–Trinajstić information content (AvgIpc) is 3.05. The van der Waals surface area contributed by atoms with Crippen molar-refractivity contribution in [3.05, 3.63) is 36.2 Å². The van der Waals surface area contributed by atoms with Gasteiger partial charge in [-0.3, -0.25) is 9.48 Å². The third kappa shape index (κ3) is 3.07. The van der Waals surface area contributed by atoms with E-state index in [2.05, 4.69) is 26.9 Å². The number of aromatic nitrogens is 4. The molecule has 1 amide bonds. The Kier molecular flexibility index (Phi) is 4.55. The minimum Gasteiger partial charge on any atom is -0.343 e. The van der Waals surface area contributed by atoms with Gasteiger partial charge < -0.3 is 9.88 Å². The van der Waals surface area contributed by atoms with E-state index in [1.54, 1.807) is 23.1 Å². The summed E-state index contributed by atoms with van der Waals surface area (Å²) in [6, 6.07) is 1.89. The molecule has 0 aromatic carbocycles. The van der Waals surface area contributed by atoms with Crippen LogP contribution in [0.3, 0.4) is 0 Å². The van der Waals surface area contributed by atoms with Gasteiger partial charge in [0.2, 0.25) is 0 Å². The van der Waals surface area contributed by atoms with Crippen molar-refractivity contribution < 1.29 is 4.79 Å². The Morgan fingerprint density at radius 3 is 2.90 bits per heavy atom. The molecule has 0 radical (unpaired) electrons. The minimum atomic E-state index is -0.123. The Morgan fingerprint density at radius 1 is 1.40 bits per heavy atom. The molecule has 2 aromatic rings. The standard InChI is InChI=1S/C14H21N5O/c1-4-8-18-9-7-15-13(18)10-16-14(20)12-5-6-17-19(12)11(2)3/h5-7,9,11H,4,8,10H2,1-3H3,(H,16,20). The molecule has 2 aromatic heterocycles. The molecule has 108 valence electrons. The zero-order valence-corrected chi connectivity index (χ0v) is 12.2. The largest absolute Gasteiger partial charge is 0.343 e. The van der Waals surface area contributed by atoms with Crippen LogP contribution in [0.5, 0.6) is 0 Å². The maximum Gasteiger partial charge on any atom is 0.269 e. The predicted octanol–water partition coefficient (Wildman–Crippen LogP) is 2.00. The van der Waals surface area contributed by atoms with Gasteiger partial charge in [0, 0.05) is 31.2 Å². The lowest BCUT2D eigenvalue weighted by Crippen LogP contribution is -2.27. The third-order valence-electron chi connectivity index (χ3n) is 3.07. The summed E-state index contributed by atoms with van der Waals surface area (Å²) >= 11 is 0. The summed E-state index contributed by atoms with van der Waals surface area (Å²) in [4.78, 5) is 16.5. The smallest absolute Gasteiger partial charge is 0.269 e. The number of aryl methyl sites for hydroxylation is 1. The first-order chi connectivity index (χ1) is 9.63. The van der Waals surface area contributed by atoms with Gasteiger partial charge in [-0.2, -0.15) is 5.10 Å². The van der Waals surface area contributed by atoms with Crippen LogP contribution in [-0.4, -0.2) is 25.2 Å². The lowest BCUT2D eigenvalue weighted by molar-refractivity contribution is 0.0936. The highest BCUT2D eigenvalue weighted by atomic mass is 16.2. The van der Waals surface area contributed by atoms with Gasteiger partial charge in [-0.15, -0.1) is 0 Å². The van der Waals surface area contributed by atoms with Gasteiger partial charge in [0.25, 0.3) is 5.91 Å². The van der Waals surface area contributed by atoms with Crippen LogP contribution in [0.4, 0.5) is 0 Å². The number of hydrogen-bond donors (Lipinski definition) is 1. The monoisotopic (exact) mass is 275 g/mol. The van der Waals surface area contributed by atoms with Crippen molar-refractivity contribution in [2.24, 2.45) is 0 Å². The van der Waals surface area contributed by atoms with Gasteiger partial charge in [0.05, 0.1) is 6.54 Å². The summed E-state index contributed by atoms with van der Waals surface area (Å²) in [5.74, 6) is 0.748. The third-order valence-corrected chi connectivity index (χ3v) is 3.07. The molecule has 0 unspecified atom stereocenters. The van der Waals surface area contributed by atoms with Crippen molar-refractivity contribution in [3.8, 4) is 0 Å². The first-order valence-corrected chi connectivity index (χ1v) is 6.95. The summed E-state index contributed by atoms with van der Waals surface area (Å²) in [7, 11) is 0. The van der Waals surface area contributed by atoms with Crippen LogP contribution in [-0.2, 0) is 13.1 Å². The SMILES string of the molecule is CCCn1ccnc1CNC(=O)c1ccnn1C(C)C. The number of imidazole rings is 1. The molecule has 2 rings (SSSR count). The fraction of sp³-hybridized carbons (Fsp3) is 0.500. The Bertz CT molecular complexity index is 570. The highest BCUT2D eigenvalue weighted by molar-refractivity contribution is 5.92. The predicted molar refractivity (Wildman–Crippen MR) is 76.3 cm³/mol. The van der Waals surface area contributed by atoms with Crippen LogP contribution in [0.1, 0.15) is 49.5 Å². The van der Waals surface area contributed by atoms with Crippen molar-refractivity contribution in [2.75, 3.05) is 0 Å². The van der Waals surface area contributed by atoms with Gasteiger partial charge in [0.1, 0.15) is 11.5 Å². The summed E-state index contributed by atoms with van der Waals surface area (Å²) in [5, 5.41) is 7.06. The van der Waals surface area contributed by atoms with Crippen molar-refractivity contribution in [1.29, 1.82) is 0 Å². The molecule has 0 fully saturated rings. The normalized spacial score (nSPS) is 11.0. The highest BCUT2D eigenvalue weighted by Gasteiger charge is 2.14. The molecule has 0 atom stereocenters. The fourth-order valence-corrected chi connectivity index (χ4v) is 2.11. The molecule has 2 heterocycles. The molecule has 0 saturated heterocycles. The van der Waals surface area contributed by atoms with Gasteiger partial charge in [-0.25, -0.2) is 4.98 Å². The molecule has 0 aliphatic rings. The fourth-order valence-electron chi connectivity index (χ4n) is 2.11. The first-order valence-electron chi connectivity index (χ1n) is 6.95. The second-order valence-corrected chi connectivity index (χ2v) is 4.97. The molecular weight excluding hydrogens is 254 g/mol. The van der Waals surface area contributed by atoms with Crippen molar-refractivity contribution in [1.82, 2.24) is 24.6 Å². The molecular formula is C14H21N5O. The van der Waals surface area contributed by atoms with Gasteiger partial charge in [-0.05, 0) is 26.3 Å². The van der Waals surface area contributed by atoms with Gasteiger partial charge in [-0.1, -0.05) is 6.92 Å². The molecule has 6 nitrogen and oxygen atoms in total. The lowest BCUT2D eigenvalue weighted by atomic mass is 10.3. The number of amides is 1. The zero-order valence-electron chi connectivity index (χ0n) is 12.2. The summed E-state index contributed by atoms with van der Waals surface area (Å²) in [6.45, 7) is 7.45. The number of nitrogens with one attached hydrogen (secondary N) is 1. The number of carbonyl (C=O) groups excluding carboxylic acids is 1. The molecule has 0 bridgehead atoms. The molecule has 0 aliphatic heterocycles. The summed E-state index contributed by atoms with van der Waals surface area (Å²) in [6.07, 6.45) is 6.38. The van der Waals surface area contributed by atoms with Crippen LogP contribution in [0.15, 0.2) is 24.7 Å². The van der Waals surface area contributed by atoms with Gasteiger partial charge >= 0.3 is 0 Å². The molecule has 6 heteroatoms. The quantitative estimate of drug-likeness (QED) is 0.877. The summed E-state index contributed by atoms with van der Waals surface area (Å²) < 4.78 is 3.77. The number of hydrogen-bond acceptors (Lipinski definition) is 3. The van der Waals surface area contributed by atoms with Crippen LogP contribution in [0, 0.1) is 0 Å². The van der Waals surface area contributed by atoms with Gasteiger partial charge in [0.15, 0.2) is 0 Å². The van der Waals surface area contributed by atoms with E-state index in [0.29, 0.717) is 12.2 Å². The van der Waals surface area contributed by atoms with Crippen molar-refractivity contribution in [3.63, 3.8) is 0 Å². The summed E-state index contributed by atoms with van der Waals surface area (Å²) in [5.41, 5.74) is 0.577. The van der Waals surface area contributed by atoms with Crippen LogP contribution in [0.25, 0.3) is 0 Å². The van der Waals surface area contributed by atoms with E-state index in [1.807, 2.05) is 20.0 Å². The van der Waals surface area contributed by atoms with Crippen molar-refractivity contribution >= 4 is 5.91 Å². The molecule has 0 aliphatic carbocycles. The number of rotatable bonds is 6. The molecule has 1 N–H and O–H groups in total. The average molecular weight is 275 g/mol. The van der Waals surface area contributed by atoms with E-state index in [-0.39, 0.29) is 11.9 Å². The number of nitrogens with zero attached hydrogens (tertiary/aromatic N) is 4.